The van der Waals surface area contributed by atoms with Crippen LogP contribution in [0.2, 0.25) is 0 Å². The topological polar surface area (TPSA) is 32.3 Å². The van der Waals surface area contributed by atoms with Gasteiger partial charge in [-0.3, -0.25) is 0 Å². The summed E-state index contributed by atoms with van der Waals surface area (Å²) in [6.07, 6.45) is 4.89. The smallest absolute Gasteiger partial charge is 0.225 e. The molecule has 3 aromatic rings. The first-order chi connectivity index (χ1) is 12.8. The van der Waals surface area contributed by atoms with Gasteiger partial charge in [-0.2, -0.15) is 0 Å². The molecule has 2 heterocycles. The zero-order valence-corrected chi connectivity index (χ0v) is 15.1. The second-order valence-electron chi connectivity index (χ2n) is 6.94. The molecule has 1 aliphatic rings. The Bertz CT molecular complexity index is 818. The molecule has 1 fully saturated rings. The minimum atomic E-state index is 0.388. The predicted octanol–water partition coefficient (Wildman–Crippen LogP) is 3.51. The summed E-state index contributed by atoms with van der Waals surface area (Å²) in [6.45, 7) is 3.02. The van der Waals surface area contributed by atoms with Crippen LogP contribution in [-0.2, 0) is 6.42 Å². The van der Waals surface area contributed by atoms with E-state index in [9.17, 15) is 0 Å². The van der Waals surface area contributed by atoms with Crippen LogP contribution in [0, 0.1) is 0 Å². The van der Waals surface area contributed by atoms with Gasteiger partial charge in [-0.25, -0.2) is 9.97 Å². The van der Waals surface area contributed by atoms with Crippen LogP contribution in [0.5, 0.6) is 0 Å². The number of likely N-dealkylation sites (N-methyl/N-ethyl adjacent to an activating group) is 1. The van der Waals surface area contributed by atoms with Crippen LogP contribution in [-0.4, -0.2) is 47.6 Å². The van der Waals surface area contributed by atoms with Crippen LogP contribution < -0.4 is 4.90 Å². The third-order valence-electron chi connectivity index (χ3n) is 5.00. The monoisotopic (exact) mass is 344 g/mol. The Hall–Kier alpha value is -2.72. The molecule has 0 radical (unpaired) electrons. The molecule has 4 nitrogen and oxygen atoms in total. The van der Waals surface area contributed by atoms with Crippen LogP contribution in [0.3, 0.4) is 0 Å². The average Bonchev–Trinajstić information content (AvgIpc) is 2.70. The van der Waals surface area contributed by atoms with Gasteiger partial charge >= 0.3 is 0 Å². The largest absolute Gasteiger partial charge is 0.335 e. The fourth-order valence-corrected chi connectivity index (χ4v) is 3.58. The first kappa shape index (κ1) is 16.7. The lowest BCUT2D eigenvalue weighted by Crippen LogP contribution is -2.53. The lowest BCUT2D eigenvalue weighted by molar-refractivity contribution is 0.264. The van der Waals surface area contributed by atoms with Crippen molar-refractivity contribution in [2.24, 2.45) is 0 Å². The van der Waals surface area contributed by atoms with E-state index in [1.807, 2.05) is 30.6 Å². The molecule has 0 amide bonds. The molecule has 0 bridgehead atoms. The maximum Gasteiger partial charge on any atom is 0.225 e. The molecule has 0 spiro atoms. The summed E-state index contributed by atoms with van der Waals surface area (Å²) < 4.78 is 0. The summed E-state index contributed by atoms with van der Waals surface area (Å²) in [6, 6.07) is 21.4. The SMILES string of the molecule is CN1CCN(c2ncc(-c3ccccc3)cn2)C(Cc2ccccc2)C1. The van der Waals surface area contributed by atoms with Crippen LogP contribution in [0.1, 0.15) is 5.56 Å². The highest BCUT2D eigenvalue weighted by atomic mass is 15.3. The van der Waals surface area contributed by atoms with E-state index in [0.29, 0.717) is 6.04 Å². The fourth-order valence-electron chi connectivity index (χ4n) is 3.58. The number of hydrogen-bond donors (Lipinski definition) is 0. The first-order valence-electron chi connectivity index (χ1n) is 9.16. The van der Waals surface area contributed by atoms with Gasteiger partial charge in [0.25, 0.3) is 0 Å². The van der Waals surface area contributed by atoms with Gasteiger partial charge in [0.05, 0.1) is 0 Å². The van der Waals surface area contributed by atoms with Crippen molar-refractivity contribution in [1.82, 2.24) is 14.9 Å². The van der Waals surface area contributed by atoms with Crippen molar-refractivity contribution in [3.05, 3.63) is 78.6 Å². The predicted molar refractivity (Wildman–Crippen MR) is 106 cm³/mol. The number of anilines is 1. The van der Waals surface area contributed by atoms with Gasteiger partial charge in [0.2, 0.25) is 5.95 Å². The van der Waals surface area contributed by atoms with Gasteiger partial charge in [-0.05, 0) is 24.6 Å². The Morgan fingerprint density at radius 3 is 2.19 bits per heavy atom. The van der Waals surface area contributed by atoms with E-state index < -0.39 is 0 Å². The Morgan fingerprint density at radius 1 is 0.846 bits per heavy atom. The van der Waals surface area contributed by atoms with E-state index in [0.717, 1.165) is 43.1 Å². The van der Waals surface area contributed by atoms with E-state index in [4.69, 9.17) is 9.97 Å². The molecule has 1 saturated heterocycles. The number of nitrogens with zero attached hydrogens (tertiary/aromatic N) is 4. The van der Waals surface area contributed by atoms with Crippen molar-refractivity contribution in [2.75, 3.05) is 31.6 Å². The van der Waals surface area contributed by atoms with Gasteiger partial charge in [-0.15, -0.1) is 0 Å². The van der Waals surface area contributed by atoms with Crippen LogP contribution in [0.25, 0.3) is 11.1 Å². The summed E-state index contributed by atoms with van der Waals surface area (Å²) >= 11 is 0. The molecule has 0 saturated carbocycles. The minimum Gasteiger partial charge on any atom is -0.335 e. The van der Waals surface area contributed by atoms with Gasteiger partial charge in [-0.1, -0.05) is 60.7 Å². The van der Waals surface area contributed by atoms with Crippen molar-refractivity contribution in [3.63, 3.8) is 0 Å². The van der Waals surface area contributed by atoms with E-state index in [-0.39, 0.29) is 0 Å². The first-order valence-corrected chi connectivity index (χ1v) is 9.16. The van der Waals surface area contributed by atoms with Crippen molar-refractivity contribution < 1.29 is 0 Å². The Labute approximate surface area is 155 Å². The summed E-state index contributed by atoms with van der Waals surface area (Å²) in [5, 5.41) is 0. The van der Waals surface area contributed by atoms with Gasteiger partial charge in [0.15, 0.2) is 0 Å². The Morgan fingerprint density at radius 2 is 1.50 bits per heavy atom. The highest BCUT2D eigenvalue weighted by Gasteiger charge is 2.27. The highest BCUT2D eigenvalue weighted by Crippen LogP contribution is 2.22. The summed E-state index contributed by atoms with van der Waals surface area (Å²) in [5.74, 6) is 0.832. The van der Waals surface area contributed by atoms with Crippen molar-refractivity contribution >= 4 is 5.95 Å². The summed E-state index contributed by atoms with van der Waals surface area (Å²) in [7, 11) is 2.19. The molecular weight excluding hydrogens is 320 g/mol. The van der Waals surface area contributed by atoms with Crippen LogP contribution in [0.4, 0.5) is 5.95 Å². The minimum absolute atomic E-state index is 0.388. The van der Waals surface area contributed by atoms with Crippen LogP contribution >= 0.6 is 0 Å². The molecule has 0 aliphatic carbocycles. The van der Waals surface area contributed by atoms with E-state index in [1.165, 1.54) is 5.56 Å². The van der Waals surface area contributed by atoms with Crippen LogP contribution in [0.15, 0.2) is 73.1 Å². The van der Waals surface area contributed by atoms with E-state index in [2.05, 4.69) is 59.3 Å². The molecule has 4 heteroatoms. The number of piperazine rings is 1. The zero-order valence-electron chi connectivity index (χ0n) is 15.1. The molecular formula is C22H24N4. The number of hydrogen-bond acceptors (Lipinski definition) is 4. The quantitative estimate of drug-likeness (QED) is 0.725. The molecule has 0 N–H and O–H groups in total. The maximum absolute atomic E-state index is 4.69. The number of benzene rings is 2. The molecule has 1 unspecified atom stereocenters. The van der Waals surface area contributed by atoms with E-state index >= 15 is 0 Å². The number of rotatable bonds is 4. The third-order valence-corrected chi connectivity index (χ3v) is 5.00. The molecule has 4 rings (SSSR count). The van der Waals surface area contributed by atoms with Gasteiger partial charge in [0, 0.05) is 43.6 Å². The van der Waals surface area contributed by atoms with Gasteiger partial charge in [0.1, 0.15) is 0 Å². The second-order valence-corrected chi connectivity index (χ2v) is 6.94. The second kappa shape index (κ2) is 7.67. The van der Waals surface area contributed by atoms with Gasteiger partial charge < -0.3 is 9.80 Å². The normalized spacial score (nSPS) is 18.0. The van der Waals surface area contributed by atoms with E-state index in [1.54, 1.807) is 0 Å². The Kier molecular flexibility index (Phi) is 4.93. The maximum atomic E-state index is 4.69. The zero-order chi connectivity index (χ0) is 17.8. The van der Waals surface area contributed by atoms with Crippen molar-refractivity contribution in [1.29, 1.82) is 0 Å². The molecule has 1 aliphatic heterocycles. The lowest BCUT2D eigenvalue weighted by atomic mass is 10.0. The summed E-state index contributed by atoms with van der Waals surface area (Å²) in [4.78, 5) is 14.1. The third kappa shape index (κ3) is 3.75. The molecule has 26 heavy (non-hydrogen) atoms. The standard InChI is InChI=1S/C22H24N4/c1-25-12-13-26(21(17-25)14-18-8-4-2-5-9-18)22-23-15-20(16-24-22)19-10-6-3-7-11-19/h2-11,15-16,21H,12-14,17H2,1H3. The van der Waals surface area contributed by atoms with Crippen molar-refractivity contribution in [2.45, 2.75) is 12.5 Å². The Balaban J connectivity index is 1.56. The highest BCUT2D eigenvalue weighted by molar-refractivity contribution is 5.61. The average molecular weight is 344 g/mol. The number of aromatic nitrogens is 2. The summed E-state index contributed by atoms with van der Waals surface area (Å²) in [5.41, 5.74) is 3.57. The molecule has 132 valence electrons. The fraction of sp³-hybridized carbons (Fsp3) is 0.273. The van der Waals surface area contributed by atoms with Crippen molar-refractivity contribution in [3.8, 4) is 11.1 Å². The molecule has 1 atom stereocenters. The molecule has 1 aromatic heterocycles. The molecule has 2 aromatic carbocycles. The lowest BCUT2D eigenvalue weighted by Gasteiger charge is -2.40.